The minimum absolute atomic E-state index is 0.234. The topological polar surface area (TPSA) is 67.3 Å². The molecule has 1 saturated heterocycles. The predicted molar refractivity (Wildman–Crippen MR) is 122 cm³/mol. The summed E-state index contributed by atoms with van der Waals surface area (Å²) in [7, 11) is 0. The lowest BCUT2D eigenvalue weighted by atomic mass is 10.3. The van der Waals surface area contributed by atoms with E-state index < -0.39 is 6.10 Å². The monoisotopic (exact) mass is 461 g/mol. The third-order valence-corrected chi connectivity index (χ3v) is 6.77. The number of aliphatic hydroxyl groups excluding tert-OH is 1. The van der Waals surface area contributed by atoms with Crippen LogP contribution < -0.4 is 19.1 Å². The summed E-state index contributed by atoms with van der Waals surface area (Å²) in [5, 5.41) is 12.3. The van der Waals surface area contributed by atoms with E-state index in [2.05, 4.69) is 9.80 Å². The quantitative estimate of drug-likeness (QED) is 0.601. The molecule has 1 fully saturated rings. The molecule has 0 bridgehead atoms. The number of aliphatic hydroxyl groups is 1. The second-order valence-electron chi connectivity index (χ2n) is 7.73. The van der Waals surface area contributed by atoms with E-state index in [4.69, 9.17) is 30.8 Å². The average molecular weight is 462 g/mol. The molecule has 2 aliphatic rings. The highest BCUT2D eigenvalue weighted by molar-refractivity contribution is 7.22. The Bertz CT molecular complexity index is 1060. The highest BCUT2D eigenvalue weighted by Gasteiger charge is 2.20. The lowest BCUT2D eigenvalue weighted by Gasteiger charge is -2.24. The Kier molecular flexibility index (Phi) is 6.04. The molecule has 0 spiro atoms. The van der Waals surface area contributed by atoms with E-state index in [1.807, 2.05) is 30.3 Å². The molecule has 0 saturated carbocycles. The lowest BCUT2D eigenvalue weighted by Crippen LogP contribution is -2.38. The number of ether oxygens (including phenoxy) is 3. The van der Waals surface area contributed by atoms with Crippen LogP contribution in [0.1, 0.15) is 6.42 Å². The highest BCUT2D eigenvalue weighted by atomic mass is 35.5. The van der Waals surface area contributed by atoms with Gasteiger partial charge in [0.25, 0.3) is 0 Å². The molecule has 0 unspecified atom stereocenters. The van der Waals surface area contributed by atoms with Crippen molar-refractivity contribution in [1.82, 2.24) is 9.88 Å². The molecule has 2 aliphatic heterocycles. The third kappa shape index (κ3) is 4.82. The Hall–Kier alpha value is -2.26. The first kappa shape index (κ1) is 20.6. The van der Waals surface area contributed by atoms with Crippen molar-refractivity contribution in [3.8, 4) is 17.2 Å². The van der Waals surface area contributed by atoms with Crippen molar-refractivity contribution in [1.29, 1.82) is 0 Å². The summed E-state index contributed by atoms with van der Waals surface area (Å²) >= 11 is 7.79. The van der Waals surface area contributed by atoms with Crippen molar-refractivity contribution in [3.63, 3.8) is 0 Å². The van der Waals surface area contributed by atoms with E-state index in [1.54, 1.807) is 17.4 Å². The Balaban J connectivity index is 1.13. The molecular weight excluding hydrogens is 438 g/mol. The van der Waals surface area contributed by atoms with Crippen molar-refractivity contribution in [2.75, 3.05) is 51.0 Å². The number of aromatic nitrogens is 1. The SMILES string of the molecule is O[C@H](COc1ccc2c(c1)OCO2)CN1CCCN(c2nc3ccc(Cl)cc3s2)CC1. The van der Waals surface area contributed by atoms with Crippen LogP contribution in [0.3, 0.4) is 0 Å². The zero-order chi connectivity index (χ0) is 21.2. The van der Waals surface area contributed by atoms with Gasteiger partial charge in [-0.15, -0.1) is 0 Å². The summed E-state index contributed by atoms with van der Waals surface area (Å²) in [6.45, 7) is 4.69. The van der Waals surface area contributed by atoms with Gasteiger partial charge in [-0.2, -0.15) is 0 Å². The van der Waals surface area contributed by atoms with Crippen LogP contribution in [-0.4, -0.2) is 67.2 Å². The number of nitrogens with zero attached hydrogens (tertiary/aromatic N) is 3. The predicted octanol–water partition coefficient (Wildman–Crippen LogP) is 3.63. The molecule has 9 heteroatoms. The minimum atomic E-state index is -0.568. The summed E-state index contributed by atoms with van der Waals surface area (Å²) < 4.78 is 17.5. The first-order chi connectivity index (χ1) is 15.1. The second kappa shape index (κ2) is 9.08. The van der Waals surface area contributed by atoms with E-state index in [1.165, 1.54) is 0 Å². The second-order valence-corrected chi connectivity index (χ2v) is 9.18. The molecular formula is C22H24ClN3O4S. The fourth-order valence-corrected chi connectivity index (χ4v) is 5.17. The smallest absolute Gasteiger partial charge is 0.231 e. The Morgan fingerprint density at radius 2 is 2.00 bits per heavy atom. The fourth-order valence-electron chi connectivity index (χ4n) is 3.88. The van der Waals surface area contributed by atoms with Gasteiger partial charge in [-0.25, -0.2) is 4.98 Å². The number of rotatable bonds is 6. The number of fused-ring (bicyclic) bond motifs is 2. The standard InChI is InChI=1S/C22H24ClN3O4S/c23-15-2-4-18-21(10-15)31-22(24-18)26-7-1-6-25(8-9-26)12-16(27)13-28-17-3-5-19-20(11-17)30-14-29-19/h2-5,10-11,16,27H,1,6-9,12-14H2/t16-/m0/s1. The van der Waals surface area contributed by atoms with E-state index in [-0.39, 0.29) is 13.4 Å². The molecule has 1 atom stereocenters. The van der Waals surface area contributed by atoms with E-state index in [0.717, 1.165) is 58.7 Å². The van der Waals surface area contributed by atoms with Crippen LogP contribution in [0, 0.1) is 0 Å². The molecule has 3 aromatic rings. The number of hydrogen-bond donors (Lipinski definition) is 1. The largest absolute Gasteiger partial charge is 0.491 e. The summed E-state index contributed by atoms with van der Waals surface area (Å²) in [6.07, 6.45) is 0.452. The number of thiazole rings is 1. The minimum Gasteiger partial charge on any atom is -0.491 e. The van der Waals surface area contributed by atoms with Gasteiger partial charge in [0.05, 0.1) is 10.2 Å². The lowest BCUT2D eigenvalue weighted by molar-refractivity contribution is 0.0704. The van der Waals surface area contributed by atoms with E-state index in [0.29, 0.717) is 18.0 Å². The number of halogens is 1. The van der Waals surface area contributed by atoms with Crippen LogP contribution in [0.4, 0.5) is 5.13 Å². The Labute approximate surface area is 189 Å². The molecule has 5 rings (SSSR count). The zero-order valence-corrected chi connectivity index (χ0v) is 18.6. The molecule has 3 heterocycles. The number of benzene rings is 2. The third-order valence-electron chi connectivity index (χ3n) is 5.45. The Morgan fingerprint density at radius 3 is 2.94 bits per heavy atom. The van der Waals surface area contributed by atoms with Gasteiger partial charge in [-0.1, -0.05) is 22.9 Å². The molecule has 0 amide bonds. The first-order valence-corrected chi connectivity index (χ1v) is 11.6. The molecule has 1 N–H and O–H groups in total. The average Bonchev–Trinajstić information content (AvgIpc) is 3.33. The maximum atomic E-state index is 10.5. The first-order valence-electron chi connectivity index (χ1n) is 10.4. The van der Waals surface area contributed by atoms with E-state index >= 15 is 0 Å². The molecule has 7 nitrogen and oxygen atoms in total. The van der Waals surface area contributed by atoms with Gasteiger partial charge in [0, 0.05) is 37.3 Å². The van der Waals surface area contributed by atoms with Crippen LogP contribution in [0.15, 0.2) is 36.4 Å². The number of β-amino-alcohol motifs (C(OH)–C–C–N with tert-alkyl or cyclic N) is 1. The molecule has 2 aromatic carbocycles. The van der Waals surface area contributed by atoms with Gasteiger partial charge in [-0.05, 0) is 43.3 Å². The van der Waals surface area contributed by atoms with Crippen LogP contribution in [0.2, 0.25) is 5.02 Å². The van der Waals surface area contributed by atoms with Gasteiger partial charge >= 0.3 is 0 Å². The van der Waals surface area contributed by atoms with Crippen LogP contribution in [0.5, 0.6) is 17.2 Å². The van der Waals surface area contributed by atoms with Gasteiger partial charge in [0.1, 0.15) is 18.5 Å². The summed E-state index contributed by atoms with van der Waals surface area (Å²) in [5.74, 6) is 2.07. The van der Waals surface area contributed by atoms with Gasteiger partial charge < -0.3 is 24.2 Å². The van der Waals surface area contributed by atoms with Crippen molar-refractivity contribution >= 4 is 38.3 Å². The van der Waals surface area contributed by atoms with Crippen LogP contribution in [0.25, 0.3) is 10.2 Å². The number of hydrogen-bond acceptors (Lipinski definition) is 8. The van der Waals surface area contributed by atoms with Crippen molar-refractivity contribution < 1.29 is 19.3 Å². The molecule has 0 radical (unpaired) electrons. The van der Waals surface area contributed by atoms with Gasteiger partial charge in [-0.3, -0.25) is 4.90 Å². The van der Waals surface area contributed by atoms with Crippen molar-refractivity contribution in [3.05, 3.63) is 41.4 Å². The van der Waals surface area contributed by atoms with Crippen molar-refractivity contribution in [2.24, 2.45) is 0 Å². The van der Waals surface area contributed by atoms with E-state index in [9.17, 15) is 5.11 Å². The molecule has 1 aromatic heterocycles. The number of anilines is 1. The highest BCUT2D eigenvalue weighted by Crippen LogP contribution is 2.35. The summed E-state index contributed by atoms with van der Waals surface area (Å²) in [6, 6.07) is 11.3. The zero-order valence-electron chi connectivity index (χ0n) is 17.0. The summed E-state index contributed by atoms with van der Waals surface area (Å²) in [5.41, 5.74) is 0.988. The maximum absolute atomic E-state index is 10.5. The molecule has 31 heavy (non-hydrogen) atoms. The fraction of sp³-hybridized carbons (Fsp3) is 0.409. The van der Waals surface area contributed by atoms with Crippen LogP contribution >= 0.6 is 22.9 Å². The van der Waals surface area contributed by atoms with Crippen LogP contribution in [-0.2, 0) is 0 Å². The van der Waals surface area contributed by atoms with Gasteiger partial charge in [0.2, 0.25) is 6.79 Å². The normalized spacial score (nSPS) is 17.7. The molecule has 164 valence electrons. The maximum Gasteiger partial charge on any atom is 0.231 e. The van der Waals surface area contributed by atoms with Crippen molar-refractivity contribution in [2.45, 2.75) is 12.5 Å². The Morgan fingerprint density at radius 1 is 1.10 bits per heavy atom. The summed E-state index contributed by atoms with van der Waals surface area (Å²) in [4.78, 5) is 9.39. The molecule has 0 aliphatic carbocycles. The van der Waals surface area contributed by atoms with Gasteiger partial charge in [0.15, 0.2) is 16.6 Å².